The molecule has 22 heavy (non-hydrogen) atoms. The number of aryl methyl sites for hydroxylation is 1. The molecule has 1 fully saturated rings. The van der Waals surface area contributed by atoms with E-state index >= 15 is 0 Å². The van der Waals surface area contributed by atoms with Crippen LogP contribution >= 0.6 is 0 Å². The minimum absolute atomic E-state index is 0.116. The van der Waals surface area contributed by atoms with Crippen molar-refractivity contribution in [2.24, 2.45) is 0 Å². The first-order valence-corrected chi connectivity index (χ1v) is 7.87. The van der Waals surface area contributed by atoms with Crippen molar-refractivity contribution in [1.29, 1.82) is 0 Å². The number of aromatic nitrogens is 2. The zero-order valence-electron chi connectivity index (χ0n) is 14.6. The van der Waals surface area contributed by atoms with Crippen molar-refractivity contribution in [2.75, 3.05) is 45.7 Å². The lowest BCUT2D eigenvalue weighted by atomic mass is 10.2. The highest BCUT2D eigenvalue weighted by atomic mass is 16.2. The van der Waals surface area contributed by atoms with Crippen LogP contribution in [0, 0.1) is 13.8 Å². The number of carbonyl (C=O) groups is 1. The summed E-state index contributed by atoms with van der Waals surface area (Å²) in [6.45, 7) is 8.49. The fourth-order valence-corrected chi connectivity index (χ4v) is 2.69. The van der Waals surface area contributed by atoms with E-state index in [2.05, 4.69) is 33.9 Å². The summed E-state index contributed by atoms with van der Waals surface area (Å²) in [5, 5.41) is 0. The van der Waals surface area contributed by atoms with Gasteiger partial charge in [0.15, 0.2) is 0 Å². The quantitative estimate of drug-likeness (QED) is 0.840. The highest BCUT2D eigenvalue weighted by Crippen LogP contribution is 2.25. The maximum Gasteiger partial charge on any atom is 0.291 e. The number of likely N-dealkylation sites (N-methyl/N-ethyl adjacent to an activating group) is 1. The summed E-state index contributed by atoms with van der Waals surface area (Å²) in [6.07, 6.45) is 1.12. The first kappa shape index (κ1) is 16.7. The molecule has 6 heteroatoms. The lowest BCUT2D eigenvalue weighted by molar-refractivity contribution is 0.0790. The van der Waals surface area contributed by atoms with Crippen LogP contribution in [0.3, 0.4) is 0 Å². The first-order chi connectivity index (χ1) is 10.3. The van der Waals surface area contributed by atoms with Crippen LogP contribution in [0.15, 0.2) is 0 Å². The summed E-state index contributed by atoms with van der Waals surface area (Å²) < 4.78 is 0. The molecule has 6 nitrogen and oxygen atoms in total. The number of amides is 1. The van der Waals surface area contributed by atoms with E-state index in [-0.39, 0.29) is 5.91 Å². The fourth-order valence-electron chi connectivity index (χ4n) is 2.69. The van der Waals surface area contributed by atoms with Crippen molar-refractivity contribution in [3.05, 3.63) is 17.1 Å². The van der Waals surface area contributed by atoms with Gasteiger partial charge in [-0.15, -0.1) is 0 Å². The van der Waals surface area contributed by atoms with Crippen LogP contribution < -0.4 is 4.90 Å². The summed E-state index contributed by atoms with van der Waals surface area (Å²) in [4.78, 5) is 27.5. The molecule has 2 rings (SSSR count). The standard InChI is InChI=1S/C16H27N5O/c1-7-20(6)16(22)14-17-12(3)11(2)15(18-14)21-9-8-13(10-21)19(4)5/h13H,7-10H2,1-6H3/t13-/m1/s1. The monoisotopic (exact) mass is 305 g/mol. The smallest absolute Gasteiger partial charge is 0.291 e. The summed E-state index contributed by atoms with van der Waals surface area (Å²) in [5.41, 5.74) is 1.95. The maximum absolute atomic E-state index is 12.4. The van der Waals surface area contributed by atoms with E-state index in [0.29, 0.717) is 18.4 Å². The molecule has 1 aromatic rings. The van der Waals surface area contributed by atoms with E-state index in [1.165, 1.54) is 0 Å². The SMILES string of the molecule is CCN(C)C(=O)c1nc(C)c(C)c(N2CC[C@@H](N(C)C)C2)n1. The van der Waals surface area contributed by atoms with Crippen molar-refractivity contribution >= 4 is 11.7 Å². The molecule has 0 spiro atoms. The molecule has 1 aliphatic heterocycles. The summed E-state index contributed by atoms with van der Waals surface area (Å²) >= 11 is 0. The molecule has 0 saturated carbocycles. The van der Waals surface area contributed by atoms with Crippen LogP contribution in [-0.2, 0) is 0 Å². The predicted octanol–water partition coefficient (Wildman–Crippen LogP) is 1.33. The van der Waals surface area contributed by atoms with E-state index in [4.69, 9.17) is 0 Å². The Bertz CT molecular complexity index is 558. The topological polar surface area (TPSA) is 52.6 Å². The van der Waals surface area contributed by atoms with Gasteiger partial charge in [-0.25, -0.2) is 9.97 Å². The van der Waals surface area contributed by atoms with Crippen LogP contribution in [-0.4, -0.2) is 72.5 Å². The van der Waals surface area contributed by atoms with Gasteiger partial charge in [-0.2, -0.15) is 0 Å². The Balaban J connectivity index is 2.32. The normalized spacial score (nSPS) is 18.1. The lowest BCUT2D eigenvalue weighted by Crippen LogP contribution is -2.33. The zero-order valence-corrected chi connectivity index (χ0v) is 14.6. The molecule has 1 atom stereocenters. The molecule has 1 saturated heterocycles. The van der Waals surface area contributed by atoms with Crippen molar-refractivity contribution in [1.82, 2.24) is 19.8 Å². The molecular weight excluding hydrogens is 278 g/mol. The van der Waals surface area contributed by atoms with Gasteiger partial charge in [0, 0.05) is 44.0 Å². The maximum atomic E-state index is 12.4. The van der Waals surface area contributed by atoms with E-state index in [1.54, 1.807) is 11.9 Å². The first-order valence-electron chi connectivity index (χ1n) is 7.87. The van der Waals surface area contributed by atoms with Gasteiger partial charge in [-0.05, 0) is 41.3 Å². The number of hydrogen-bond donors (Lipinski definition) is 0. The second-order valence-corrected chi connectivity index (χ2v) is 6.25. The molecule has 0 aliphatic carbocycles. The van der Waals surface area contributed by atoms with E-state index in [0.717, 1.165) is 36.6 Å². The van der Waals surface area contributed by atoms with Crippen LogP contribution in [0.25, 0.3) is 0 Å². The fraction of sp³-hybridized carbons (Fsp3) is 0.688. The largest absolute Gasteiger partial charge is 0.355 e. The molecule has 1 aromatic heterocycles. The van der Waals surface area contributed by atoms with Gasteiger partial charge in [-0.1, -0.05) is 0 Å². The average molecular weight is 305 g/mol. The third-order valence-corrected chi connectivity index (χ3v) is 4.57. The van der Waals surface area contributed by atoms with Gasteiger partial charge in [-0.3, -0.25) is 4.79 Å². The number of carbonyl (C=O) groups excluding carboxylic acids is 1. The molecule has 2 heterocycles. The van der Waals surface area contributed by atoms with Gasteiger partial charge < -0.3 is 14.7 Å². The Labute approximate surface area is 133 Å². The number of anilines is 1. The highest BCUT2D eigenvalue weighted by Gasteiger charge is 2.27. The molecule has 1 aliphatic rings. The van der Waals surface area contributed by atoms with Crippen LogP contribution in [0.1, 0.15) is 35.2 Å². The molecule has 122 valence electrons. The van der Waals surface area contributed by atoms with Crippen molar-refractivity contribution < 1.29 is 4.79 Å². The lowest BCUT2D eigenvalue weighted by Gasteiger charge is -2.23. The number of rotatable bonds is 4. The Morgan fingerprint density at radius 3 is 2.50 bits per heavy atom. The Hall–Kier alpha value is -1.69. The molecule has 1 amide bonds. The van der Waals surface area contributed by atoms with E-state index in [9.17, 15) is 4.79 Å². The highest BCUT2D eigenvalue weighted by molar-refractivity contribution is 5.90. The van der Waals surface area contributed by atoms with Gasteiger partial charge >= 0.3 is 0 Å². The summed E-state index contributed by atoms with van der Waals surface area (Å²) in [7, 11) is 5.99. The molecular formula is C16H27N5O. The summed E-state index contributed by atoms with van der Waals surface area (Å²) in [6, 6.07) is 0.534. The third kappa shape index (κ3) is 3.21. The Kier molecular flexibility index (Phi) is 5.01. The van der Waals surface area contributed by atoms with Crippen molar-refractivity contribution in [3.8, 4) is 0 Å². The summed E-state index contributed by atoms with van der Waals surface area (Å²) in [5.74, 6) is 1.09. The molecule has 0 radical (unpaired) electrons. The third-order valence-electron chi connectivity index (χ3n) is 4.57. The predicted molar refractivity (Wildman–Crippen MR) is 88.4 cm³/mol. The zero-order chi connectivity index (χ0) is 16.4. The average Bonchev–Trinajstić information content (AvgIpc) is 2.98. The Morgan fingerprint density at radius 1 is 1.27 bits per heavy atom. The van der Waals surface area contributed by atoms with Gasteiger partial charge in [0.2, 0.25) is 5.82 Å². The second kappa shape index (κ2) is 6.60. The minimum atomic E-state index is -0.116. The van der Waals surface area contributed by atoms with Crippen LogP contribution in [0.2, 0.25) is 0 Å². The molecule has 0 aromatic carbocycles. The van der Waals surface area contributed by atoms with Crippen molar-refractivity contribution in [2.45, 2.75) is 33.2 Å². The van der Waals surface area contributed by atoms with Crippen LogP contribution in [0.5, 0.6) is 0 Å². The molecule has 0 bridgehead atoms. The van der Waals surface area contributed by atoms with E-state index in [1.807, 2.05) is 20.8 Å². The molecule has 0 N–H and O–H groups in total. The molecule has 0 unspecified atom stereocenters. The number of nitrogens with zero attached hydrogens (tertiary/aromatic N) is 5. The van der Waals surface area contributed by atoms with Crippen molar-refractivity contribution in [3.63, 3.8) is 0 Å². The second-order valence-electron chi connectivity index (χ2n) is 6.25. The van der Waals surface area contributed by atoms with E-state index < -0.39 is 0 Å². The minimum Gasteiger partial charge on any atom is -0.355 e. The van der Waals surface area contributed by atoms with Gasteiger partial charge in [0.1, 0.15) is 5.82 Å². The number of hydrogen-bond acceptors (Lipinski definition) is 5. The Morgan fingerprint density at radius 2 is 1.95 bits per heavy atom. The van der Waals surface area contributed by atoms with Crippen LogP contribution in [0.4, 0.5) is 5.82 Å². The van der Waals surface area contributed by atoms with Gasteiger partial charge in [0.25, 0.3) is 5.91 Å². The van der Waals surface area contributed by atoms with Gasteiger partial charge in [0.05, 0.1) is 0 Å².